The number of aromatic nitrogens is 2. The summed E-state index contributed by atoms with van der Waals surface area (Å²) in [5.41, 5.74) is 3.12. The zero-order valence-corrected chi connectivity index (χ0v) is 20.4. The molecule has 1 unspecified atom stereocenters. The maximum atomic E-state index is 13.6. The quantitative estimate of drug-likeness (QED) is 0.305. The summed E-state index contributed by atoms with van der Waals surface area (Å²) in [5, 5.41) is 16.0. The molecule has 0 bridgehead atoms. The van der Waals surface area contributed by atoms with Gasteiger partial charge in [0.05, 0.1) is 0 Å². The zero-order valence-electron chi connectivity index (χ0n) is 20.4. The average Bonchev–Trinajstić information content (AvgIpc) is 3.27. The molecule has 1 amide bonds. The first-order chi connectivity index (χ1) is 18.0. The number of carboxylic acids is 1. The minimum atomic E-state index is -1.10. The van der Waals surface area contributed by atoms with Gasteiger partial charge in [0.25, 0.3) is 5.91 Å². The molecule has 2 aromatic heterocycles. The number of fused-ring (bicyclic) bond motifs is 1. The van der Waals surface area contributed by atoms with E-state index in [0.29, 0.717) is 22.9 Å². The molecule has 37 heavy (non-hydrogen) atoms. The van der Waals surface area contributed by atoms with Crippen LogP contribution in [0.25, 0.3) is 16.9 Å². The van der Waals surface area contributed by atoms with Crippen LogP contribution in [-0.4, -0.2) is 38.5 Å². The fourth-order valence-corrected chi connectivity index (χ4v) is 4.86. The number of rotatable bonds is 8. The highest BCUT2D eigenvalue weighted by Gasteiger charge is 2.23. The number of aliphatic carboxylic acids is 1. The van der Waals surface area contributed by atoms with Gasteiger partial charge in [0, 0.05) is 29.8 Å². The number of carbonyl (C=O) groups excluding carboxylic acids is 1. The topological polar surface area (TPSA) is 95.7 Å². The summed E-state index contributed by atoms with van der Waals surface area (Å²) in [5.74, 6) is -1.11. The molecule has 3 N–H and O–H groups in total. The number of hydrogen-bond acceptors (Lipinski definition) is 4. The van der Waals surface area contributed by atoms with Gasteiger partial charge in [-0.05, 0) is 54.8 Å². The van der Waals surface area contributed by atoms with E-state index < -0.39 is 17.9 Å². The summed E-state index contributed by atoms with van der Waals surface area (Å²) in [6.07, 6.45) is 7.64. The maximum Gasteiger partial charge on any atom is 0.326 e. The van der Waals surface area contributed by atoms with Gasteiger partial charge in [-0.2, -0.15) is 0 Å². The van der Waals surface area contributed by atoms with Gasteiger partial charge >= 0.3 is 5.97 Å². The highest BCUT2D eigenvalue weighted by atomic mass is 19.1. The molecule has 1 atom stereocenters. The number of nitrogens with one attached hydrogen (secondary N) is 2. The Hall–Kier alpha value is -4.20. The lowest BCUT2D eigenvalue weighted by atomic mass is 9.95. The van der Waals surface area contributed by atoms with Crippen molar-refractivity contribution >= 4 is 23.3 Å². The second-order valence-electron chi connectivity index (χ2n) is 9.49. The van der Waals surface area contributed by atoms with E-state index in [2.05, 4.69) is 10.6 Å². The van der Waals surface area contributed by atoms with Crippen LogP contribution in [0.5, 0.6) is 0 Å². The third kappa shape index (κ3) is 5.63. The number of pyridine rings is 1. The Morgan fingerprint density at radius 2 is 1.76 bits per heavy atom. The summed E-state index contributed by atoms with van der Waals surface area (Å²) in [4.78, 5) is 29.7. The van der Waals surface area contributed by atoms with Crippen LogP contribution in [0.4, 0.5) is 10.2 Å². The van der Waals surface area contributed by atoms with Crippen molar-refractivity contribution in [3.63, 3.8) is 0 Å². The molecule has 5 rings (SSSR count). The first-order valence-electron chi connectivity index (χ1n) is 12.6. The molecule has 4 aromatic rings. The van der Waals surface area contributed by atoms with Gasteiger partial charge in [-0.25, -0.2) is 14.2 Å². The SMILES string of the molecule is O=C(NC(Cc1ccccc1)C(=O)O)c1ccn2c(NC3CCCCC3)c(-c3ccc(F)cc3)nc2c1. The predicted molar refractivity (Wildman–Crippen MR) is 140 cm³/mol. The van der Waals surface area contributed by atoms with E-state index in [-0.39, 0.29) is 12.2 Å². The molecular weight excluding hydrogens is 471 g/mol. The summed E-state index contributed by atoms with van der Waals surface area (Å²) in [6.45, 7) is 0. The van der Waals surface area contributed by atoms with Gasteiger partial charge in [-0.15, -0.1) is 0 Å². The number of carbonyl (C=O) groups is 2. The number of halogens is 1. The smallest absolute Gasteiger partial charge is 0.326 e. The molecule has 2 aromatic carbocycles. The number of benzene rings is 2. The summed E-state index contributed by atoms with van der Waals surface area (Å²) >= 11 is 0. The van der Waals surface area contributed by atoms with E-state index >= 15 is 0 Å². The number of carboxylic acid groups (broad SMARTS) is 1. The Morgan fingerprint density at radius 3 is 2.46 bits per heavy atom. The van der Waals surface area contributed by atoms with Gasteiger partial charge in [-0.1, -0.05) is 49.6 Å². The highest BCUT2D eigenvalue weighted by molar-refractivity contribution is 5.97. The Labute approximate surface area is 214 Å². The normalized spacial score (nSPS) is 14.8. The maximum absolute atomic E-state index is 13.6. The fraction of sp³-hybridized carbons (Fsp3) is 0.276. The van der Waals surface area contributed by atoms with E-state index in [4.69, 9.17) is 4.98 Å². The van der Waals surface area contributed by atoms with E-state index in [1.165, 1.54) is 31.4 Å². The third-order valence-corrected chi connectivity index (χ3v) is 6.84. The van der Waals surface area contributed by atoms with Crippen molar-refractivity contribution in [2.24, 2.45) is 0 Å². The zero-order chi connectivity index (χ0) is 25.8. The van der Waals surface area contributed by atoms with E-state index in [1.54, 1.807) is 30.5 Å². The van der Waals surface area contributed by atoms with Crippen LogP contribution in [-0.2, 0) is 11.2 Å². The molecule has 1 saturated carbocycles. The van der Waals surface area contributed by atoms with Crippen molar-refractivity contribution in [2.45, 2.75) is 50.6 Å². The van der Waals surface area contributed by atoms with Crippen molar-refractivity contribution in [1.29, 1.82) is 0 Å². The number of amides is 1. The van der Waals surface area contributed by atoms with Gasteiger partial charge in [0.15, 0.2) is 0 Å². The van der Waals surface area contributed by atoms with Gasteiger partial charge in [-0.3, -0.25) is 9.20 Å². The lowest BCUT2D eigenvalue weighted by Crippen LogP contribution is -2.42. The number of imidazole rings is 1. The molecule has 1 aliphatic rings. The van der Waals surface area contributed by atoms with Crippen LogP contribution < -0.4 is 10.6 Å². The lowest BCUT2D eigenvalue weighted by Gasteiger charge is -2.24. The lowest BCUT2D eigenvalue weighted by molar-refractivity contribution is -0.139. The average molecular weight is 501 g/mol. The van der Waals surface area contributed by atoms with Crippen LogP contribution in [0.1, 0.15) is 48.0 Å². The first kappa shape index (κ1) is 24.5. The van der Waals surface area contributed by atoms with E-state index in [9.17, 15) is 19.1 Å². The highest BCUT2D eigenvalue weighted by Crippen LogP contribution is 2.32. The number of nitrogens with zero attached hydrogens (tertiary/aromatic N) is 2. The number of hydrogen-bond donors (Lipinski definition) is 3. The Balaban J connectivity index is 1.45. The van der Waals surface area contributed by atoms with Gasteiger partial charge in [0.2, 0.25) is 0 Å². The predicted octanol–water partition coefficient (Wildman–Crippen LogP) is 5.31. The van der Waals surface area contributed by atoms with Crippen LogP contribution in [0.15, 0.2) is 72.9 Å². The fourth-order valence-electron chi connectivity index (χ4n) is 4.86. The third-order valence-electron chi connectivity index (χ3n) is 6.84. The molecule has 0 saturated heterocycles. The van der Waals surface area contributed by atoms with Gasteiger partial charge < -0.3 is 15.7 Å². The van der Waals surface area contributed by atoms with Crippen LogP contribution >= 0.6 is 0 Å². The van der Waals surface area contributed by atoms with Crippen molar-refractivity contribution in [2.75, 3.05) is 5.32 Å². The van der Waals surface area contributed by atoms with Crippen molar-refractivity contribution in [1.82, 2.24) is 14.7 Å². The van der Waals surface area contributed by atoms with Crippen LogP contribution in [0.2, 0.25) is 0 Å². The molecule has 0 aliphatic heterocycles. The van der Waals surface area contributed by atoms with Crippen LogP contribution in [0.3, 0.4) is 0 Å². The molecular formula is C29H29FN4O3. The summed E-state index contributed by atoms with van der Waals surface area (Å²) in [6, 6.07) is 17.9. The second kappa shape index (κ2) is 10.8. The molecule has 1 fully saturated rings. The van der Waals surface area contributed by atoms with Crippen molar-refractivity contribution < 1.29 is 19.1 Å². The van der Waals surface area contributed by atoms with Crippen molar-refractivity contribution in [3.8, 4) is 11.3 Å². The first-order valence-corrected chi connectivity index (χ1v) is 12.6. The standard InChI is InChI=1S/C29H29FN4O3/c30-22-13-11-20(12-14-22)26-27(31-23-9-5-2-6-10-23)34-16-15-21(18-25(34)33-26)28(35)32-24(29(36)37)17-19-7-3-1-4-8-19/h1,3-4,7-8,11-16,18,23-24,31H,2,5-6,9-10,17H2,(H,32,35)(H,36,37). The molecule has 8 heteroatoms. The summed E-state index contributed by atoms with van der Waals surface area (Å²) < 4.78 is 15.5. The molecule has 190 valence electrons. The monoisotopic (exact) mass is 500 g/mol. The molecule has 0 radical (unpaired) electrons. The largest absolute Gasteiger partial charge is 0.480 e. The molecule has 7 nitrogen and oxygen atoms in total. The minimum Gasteiger partial charge on any atom is -0.480 e. The molecule has 1 aliphatic carbocycles. The van der Waals surface area contributed by atoms with Gasteiger partial charge in [0.1, 0.15) is 29.0 Å². The molecule has 2 heterocycles. The van der Waals surface area contributed by atoms with Crippen molar-refractivity contribution in [3.05, 3.63) is 89.9 Å². The summed E-state index contributed by atoms with van der Waals surface area (Å²) in [7, 11) is 0. The van der Waals surface area contributed by atoms with E-state index in [0.717, 1.165) is 29.8 Å². The van der Waals surface area contributed by atoms with Crippen LogP contribution in [0, 0.1) is 5.82 Å². The van der Waals surface area contributed by atoms with E-state index in [1.807, 2.05) is 34.7 Å². The Bertz CT molecular complexity index is 1400. The Morgan fingerprint density at radius 1 is 1.03 bits per heavy atom. The minimum absolute atomic E-state index is 0.178. The second-order valence-corrected chi connectivity index (χ2v) is 9.49. The number of anilines is 1. The Kier molecular flexibility index (Phi) is 7.16. The molecule has 0 spiro atoms.